The number of phenolic OH excluding ortho intramolecular Hbond substituents is 1. The zero-order valence-electron chi connectivity index (χ0n) is 10.7. The predicted octanol–water partition coefficient (Wildman–Crippen LogP) is 3.59. The van der Waals surface area contributed by atoms with Crippen molar-refractivity contribution in [3.05, 3.63) is 46.9 Å². The summed E-state index contributed by atoms with van der Waals surface area (Å²) in [6.07, 6.45) is 0. The number of hydrogen-bond acceptors (Lipinski definition) is 3. The maximum atomic E-state index is 12.0. The van der Waals surface area contributed by atoms with E-state index in [-0.39, 0.29) is 17.4 Å². The van der Waals surface area contributed by atoms with Crippen LogP contribution in [0.5, 0.6) is 5.75 Å². The number of hydrogen-bond donors (Lipinski definition) is 2. The molecule has 5 heteroatoms. The molecular formula is C14H14ClNO3. The van der Waals surface area contributed by atoms with E-state index in [1.54, 1.807) is 32.0 Å². The number of carbonyl (C=O) groups is 1. The first-order valence-electron chi connectivity index (χ1n) is 5.77. The number of amides is 1. The highest BCUT2D eigenvalue weighted by molar-refractivity contribution is 6.17. The van der Waals surface area contributed by atoms with Gasteiger partial charge in [-0.1, -0.05) is 0 Å². The van der Waals surface area contributed by atoms with E-state index in [1.807, 2.05) is 0 Å². The van der Waals surface area contributed by atoms with Gasteiger partial charge in [0.1, 0.15) is 11.5 Å². The van der Waals surface area contributed by atoms with Crippen molar-refractivity contribution in [1.82, 2.24) is 0 Å². The molecule has 0 saturated heterocycles. The average Bonchev–Trinajstić information content (AvgIpc) is 2.74. The third kappa shape index (κ3) is 2.90. The summed E-state index contributed by atoms with van der Waals surface area (Å²) in [5.41, 5.74) is 2.20. The number of aryl methyl sites for hydroxylation is 2. The zero-order chi connectivity index (χ0) is 14.0. The number of anilines is 1. The van der Waals surface area contributed by atoms with Gasteiger partial charge in [-0.25, -0.2) is 0 Å². The SMILES string of the molecule is Cc1cc(O)ccc1NC(=O)c1cc(CCl)c(C)o1. The lowest BCUT2D eigenvalue weighted by Crippen LogP contribution is -2.11. The number of nitrogens with one attached hydrogen (secondary N) is 1. The molecule has 0 saturated carbocycles. The minimum atomic E-state index is -0.340. The fraction of sp³-hybridized carbons (Fsp3) is 0.214. The second kappa shape index (κ2) is 5.36. The first kappa shape index (κ1) is 13.5. The fourth-order valence-electron chi connectivity index (χ4n) is 1.74. The van der Waals surface area contributed by atoms with Gasteiger partial charge >= 0.3 is 0 Å². The summed E-state index contributed by atoms with van der Waals surface area (Å²) < 4.78 is 5.36. The van der Waals surface area contributed by atoms with Crippen LogP contribution in [0.25, 0.3) is 0 Å². The summed E-state index contributed by atoms with van der Waals surface area (Å²) in [4.78, 5) is 12.0. The molecule has 1 amide bonds. The normalized spacial score (nSPS) is 10.5. The molecular weight excluding hydrogens is 266 g/mol. The van der Waals surface area contributed by atoms with Crippen LogP contribution in [0.3, 0.4) is 0 Å². The Morgan fingerprint density at radius 2 is 2.11 bits per heavy atom. The highest BCUT2D eigenvalue weighted by atomic mass is 35.5. The first-order valence-corrected chi connectivity index (χ1v) is 6.31. The Labute approximate surface area is 116 Å². The van der Waals surface area contributed by atoms with Gasteiger partial charge in [0.2, 0.25) is 0 Å². The van der Waals surface area contributed by atoms with E-state index in [9.17, 15) is 9.90 Å². The van der Waals surface area contributed by atoms with Gasteiger partial charge < -0.3 is 14.8 Å². The zero-order valence-corrected chi connectivity index (χ0v) is 11.4. The van der Waals surface area contributed by atoms with E-state index < -0.39 is 0 Å². The second-order valence-electron chi connectivity index (χ2n) is 4.28. The molecule has 4 nitrogen and oxygen atoms in total. The summed E-state index contributed by atoms with van der Waals surface area (Å²) in [5, 5.41) is 12.0. The summed E-state index contributed by atoms with van der Waals surface area (Å²) >= 11 is 5.73. The summed E-state index contributed by atoms with van der Waals surface area (Å²) in [6, 6.07) is 6.36. The minimum absolute atomic E-state index is 0.161. The molecule has 2 N–H and O–H groups in total. The van der Waals surface area contributed by atoms with Gasteiger partial charge in [-0.15, -0.1) is 11.6 Å². The van der Waals surface area contributed by atoms with Crippen LogP contribution in [-0.2, 0) is 5.88 Å². The number of carbonyl (C=O) groups excluding carboxylic acids is 1. The number of furan rings is 1. The minimum Gasteiger partial charge on any atom is -0.508 e. The maximum absolute atomic E-state index is 12.0. The molecule has 1 aromatic heterocycles. The first-order chi connectivity index (χ1) is 9.01. The van der Waals surface area contributed by atoms with Crippen LogP contribution in [0.1, 0.15) is 27.4 Å². The molecule has 100 valence electrons. The molecule has 0 aliphatic rings. The van der Waals surface area contributed by atoms with Gasteiger partial charge in [-0.05, 0) is 43.7 Å². The lowest BCUT2D eigenvalue weighted by molar-refractivity contribution is 0.0995. The van der Waals surface area contributed by atoms with E-state index in [0.717, 1.165) is 11.1 Å². The number of alkyl halides is 1. The number of benzene rings is 1. The maximum Gasteiger partial charge on any atom is 0.291 e. The quantitative estimate of drug-likeness (QED) is 0.667. The van der Waals surface area contributed by atoms with E-state index in [1.165, 1.54) is 6.07 Å². The molecule has 2 rings (SSSR count). The van der Waals surface area contributed by atoms with Crippen molar-refractivity contribution in [2.75, 3.05) is 5.32 Å². The van der Waals surface area contributed by atoms with Crippen molar-refractivity contribution in [2.45, 2.75) is 19.7 Å². The summed E-state index contributed by atoms with van der Waals surface area (Å²) in [6.45, 7) is 3.56. The average molecular weight is 280 g/mol. The van der Waals surface area contributed by atoms with Crippen LogP contribution in [0, 0.1) is 13.8 Å². The molecule has 0 radical (unpaired) electrons. The monoisotopic (exact) mass is 279 g/mol. The Bertz CT molecular complexity index is 619. The highest BCUT2D eigenvalue weighted by Gasteiger charge is 2.14. The largest absolute Gasteiger partial charge is 0.508 e. The lowest BCUT2D eigenvalue weighted by atomic mass is 10.2. The lowest BCUT2D eigenvalue weighted by Gasteiger charge is -2.07. The van der Waals surface area contributed by atoms with E-state index in [2.05, 4.69) is 5.32 Å². The molecule has 0 atom stereocenters. The van der Waals surface area contributed by atoms with Crippen LogP contribution >= 0.6 is 11.6 Å². The predicted molar refractivity (Wildman–Crippen MR) is 73.8 cm³/mol. The molecule has 0 spiro atoms. The summed E-state index contributed by atoms with van der Waals surface area (Å²) in [5.74, 6) is 0.992. The van der Waals surface area contributed by atoms with Crippen LogP contribution in [0.15, 0.2) is 28.7 Å². The number of phenols is 1. The Hall–Kier alpha value is -1.94. The molecule has 0 fully saturated rings. The van der Waals surface area contributed by atoms with Gasteiger partial charge in [-0.2, -0.15) is 0 Å². The molecule has 2 aromatic rings. The topological polar surface area (TPSA) is 62.5 Å². The van der Waals surface area contributed by atoms with Crippen molar-refractivity contribution < 1.29 is 14.3 Å². The van der Waals surface area contributed by atoms with Crippen molar-refractivity contribution >= 4 is 23.2 Å². The third-order valence-electron chi connectivity index (χ3n) is 2.85. The molecule has 1 aromatic carbocycles. The molecule has 0 aliphatic heterocycles. The van der Waals surface area contributed by atoms with Crippen LogP contribution in [-0.4, -0.2) is 11.0 Å². The van der Waals surface area contributed by atoms with Crippen molar-refractivity contribution in [3.63, 3.8) is 0 Å². The van der Waals surface area contributed by atoms with Crippen LogP contribution < -0.4 is 5.32 Å². The highest BCUT2D eigenvalue weighted by Crippen LogP contribution is 2.22. The number of rotatable bonds is 3. The van der Waals surface area contributed by atoms with Gasteiger partial charge in [-0.3, -0.25) is 4.79 Å². The molecule has 1 heterocycles. The van der Waals surface area contributed by atoms with Gasteiger partial charge in [0.25, 0.3) is 5.91 Å². The van der Waals surface area contributed by atoms with Crippen molar-refractivity contribution in [2.24, 2.45) is 0 Å². The molecule has 0 bridgehead atoms. The van der Waals surface area contributed by atoms with E-state index in [0.29, 0.717) is 17.3 Å². The van der Waals surface area contributed by atoms with Crippen molar-refractivity contribution in [1.29, 1.82) is 0 Å². The van der Waals surface area contributed by atoms with Gasteiger partial charge in [0.15, 0.2) is 5.76 Å². The second-order valence-corrected chi connectivity index (χ2v) is 4.55. The molecule has 0 unspecified atom stereocenters. The van der Waals surface area contributed by atoms with Crippen LogP contribution in [0.4, 0.5) is 5.69 Å². The Kier molecular flexibility index (Phi) is 3.81. The van der Waals surface area contributed by atoms with Gasteiger partial charge in [0.05, 0.1) is 5.88 Å². The van der Waals surface area contributed by atoms with E-state index in [4.69, 9.17) is 16.0 Å². The van der Waals surface area contributed by atoms with Gasteiger partial charge in [0, 0.05) is 11.3 Å². The number of aromatic hydroxyl groups is 1. The van der Waals surface area contributed by atoms with Crippen LogP contribution in [0.2, 0.25) is 0 Å². The third-order valence-corrected chi connectivity index (χ3v) is 3.13. The van der Waals surface area contributed by atoms with Crippen molar-refractivity contribution in [3.8, 4) is 5.75 Å². The number of halogens is 1. The Morgan fingerprint density at radius 1 is 1.37 bits per heavy atom. The standard InChI is InChI=1S/C14H14ClNO3/c1-8-5-11(17)3-4-12(8)16-14(18)13-6-10(7-15)9(2)19-13/h3-6,17H,7H2,1-2H3,(H,16,18). The summed E-state index contributed by atoms with van der Waals surface area (Å²) in [7, 11) is 0. The Balaban J connectivity index is 2.20. The Morgan fingerprint density at radius 3 is 2.68 bits per heavy atom. The molecule has 19 heavy (non-hydrogen) atoms. The smallest absolute Gasteiger partial charge is 0.291 e. The fourth-order valence-corrected chi connectivity index (χ4v) is 2.00. The molecule has 0 aliphatic carbocycles. The van der Waals surface area contributed by atoms with E-state index >= 15 is 0 Å².